The van der Waals surface area contributed by atoms with Gasteiger partial charge in [-0.15, -0.1) is 0 Å². The average Bonchev–Trinajstić information content (AvgIpc) is 3.78. The van der Waals surface area contributed by atoms with Gasteiger partial charge in [0.15, 0.2) is 17.5 Å². The van der Waals surface area contributed by atoms with Crippen molar-refractivity contribution < 1.29 is 4.42 Å². The summed E-state index contributed by atoms with van der Waals surface area (Å²) in [6.07, 6.45) is 0. The van der Waals surface area contributed by atoms with Crippen LogP contribution in [0.5, 0.6) is 0 Å². The van der Waals surface area contributed by atoms with Crippen LogP contribution in [0.3, 0.4) is 0 Å². The van der Waals surface area contributed by atoms with Gasteiger partial charge >= 0.3 is 0 Å². The van der Waals surface area contributed by atoms with Crippen molar-refractivity contribution in [2.75, 3.05) is 0 Å². The molecule has 2 aromatic heterocycles. The molecule has 0 N–H and O–H groups in total. The van der Waals surface area contributed by atoms with E-state index in [1.54, 1.807) is 0 Å². The Morgan fingerprint density at radius 2 is 0.677 bits per heavy atom. The summed E-state index contributed by atoms with van der Waals surface area (Å²) >= 11 is 0. The molecule has 0 atom stereocenters. The molecule has 0 aliphatic rings. The Morgan fingerprint density at radius 3 is 1.25 bits per heavy atom. The first-order valence-corrected chi connectivity index (χ1v) is 22.0. The van der Waals surface area contributed by atoms with Crippen LogP contribution in [0, 0.1) is 0 Å². The van der Waals surface area contributed by atoms with Gasteiger partial charge in [-0.1, -0.05) is 206 Å². The third kappa shape index (κ3) is 6.18. The number of rotatable bonds is 6. The van der Waals surface area contributed by atoms with Gasteiger partial charge in [0, 0.05) is 32.8 Å². The van der Waals surface area contributed by atoms with Crippen LogP contribution in [-0.4, -0.2) is 15.0 Å². The maximum absolute atomic E-state index is 6.80. The van der Waals surface area contributed by atoms with Gasteiger partial charge in [0.05, 0.1) is 0 Å². The van der Waals surface area contributed by atoms with Crippen molar-refractivity contribution in [3.63, 3.8) is 0 Å². The van der Waals surface area contributed by atoms with E-state index in [1.165, 1.54) is 43.4 Å². The summed E-state index contributed by atoms with van der Waals surface area (Å²) in [5.41, 5.74) is 11.5. The lowest BCUT2D eigenvalue weighted by atomic mass is 9.90. The second kappa shape index (κ2) is 15.0. The lowest BCUT2D eigenvalue weighted by molar-refractivity contribution is 0.673. The molecule has 2 heterocycles. The first kappa shape index (κ1) is 36.9. The maximum atomic E-state index is 6.80. The molecule has 0 saturated heterocycles. The van der Waals surface area contributed by atoms with E-state index in [1.807, 2.05) is 60.7 Å². The second-order valence-corrected chi connectivity index (χ2v) is 16.7. The van der Waals surface area contributed by atoms with Crippen molar-refractivity contribution in [2.24, 2.45) is 0 Å². The predicted molar refractivity (Wildman–Crippen MR) is 270 cm³/mol. The van der Waals surface area contributed by atoms with Crippen LogP contribution in [0.1, 0.15) is 0 Å². The molecule has 0 saturated carbocycles. The van der Waals surface area contributed by atoms with Gasteiger partial charge in [0.1, 0.15) is 11.2 Å². The summed E-state index contributed by atoms with van der Waals surface area (Å²) in [6.45, 7) is 0. The third-order valence-corrected chi connectivity index (χ3v) is 12.9. The molecular formula is C61H37N3O. The largest absolute Gasteiger partial charge is 0.455 e. The number of fused-ring (bicyclic) bond motifs is 11. The Bertz CT molecular complexity index is 3880. The summed E-state index contributed by atoms with van der Waals surface area (Å²) in [6, 6.07) is 79.4. The fourth-order valence-corrected chi connectivity index (χ4v) is 9.79. The van der Waals surface area contributed by atoms with Crippen LogP contribution in [0.4, 0.5) is 0 Å². The van der Waals surface area contributed by atoms with E-state index in [-0.39, 0.29) is 0 Å². The maximum Gasteiger partial charge on any atom is 0.164 e. The lowest BCUT2D eigenvalue weighted by Crippen LogP contribution is -2.00. The zero-order valence-corrected chi connectivity index (χ0v) is 35.1. The molecule has 0 amide bonds. The molecule has 4 nitrogen and oxygen atoms in total. The number of nitrogens with zero attached hydrogens (tertiary/aromatic N) is 3. The molecule has 11 aromatic carbocycles. The molecule has 0 spiro atoms. The van der Waals surface area contributed by atoms with Gasteiger partial charge < -0.3 is 4.42 Å². The molecular weight excluding hydrogens is 791 g/mol. The second-order valence-electron chi connectivity index (χ2n) is 16.7. The van der Waals surface area contributed by atoms with Gasteiger partial charge in [-0.3, -0.25) is 0 Å². The van der Waals surface area contributed by atoms with Crippen molar-refractivity contribution in [2.45, 2.75) is 0 Å². The molecule has 0 radical (unpaired) electrons. The molecule has 0 unspecified atom stereocenters. The smallest absolute Gasteiger partial charge is 0.164 e. The Hall–Kier alpha value is -8.73. The topological polar surface area (TPSA) is 51.8 Å². The Balaban J connectivity index is 0.892. The van der Waals surface area contributed by atoms with Crippen molar-refractivity contribution in [1.29, 1.82) is 0 Å². The van der Waals surface area contributed by atoms with Crippen molar-refractivity contribution in [3.8, 4) is 67.5 Å². The van der Waals surface area contributed by atoms with Gasteiger partial charge in [-0.2, -0.15) is 0 Å². The zero-order chi connectivity index (χ0) is 42.8. The number of hydrogen-bond acceptors (Lipinski definition) is 4. The van der Waals surface area contributed by atoms with E-state index in [0.29, 0.717) is 17.5 Å². The Kier molecular flexibility index (Phi) is 8.50. The highest BCUT2D eigenvalue weighted by atomic mass is 16.3. The molecule has 0 aliphatic carbocycles. The molecule has 13 aromatic rings. The highest BCUT2D eigenvalue weighted by Gasteiger charge is 2.19. The fourth-order valence-electron chi connectivity index (χ4n) is 9.79. The van der Waals surface area contributed by atoms with Gasteiger partial charge in [-0.25, -0.2) is 15.0 Å². The van der Waals surface area contributed by atoms with E-state index >= 15 is 0 Å². The summed E-state index contributed by atoms with van der Waals surface area (Å²) in [7, 11) is 0. The van der Waals surface area contributed by atoms with Crippen molar-refractivity contribution in [1.82, 2.24) is 15.0 Å². The molecule has 13 rings (SSSR count). The minimum Gasteiger partial charge on any atom is -0.455 e. The monoisotopic (exact) mass is 827 g/mol. The first-order chi connectivity index (χ1) is 32.2. The SMILES string of the molecule is c1ccc(-c2nc(-c3ccccc3)nc(-c3ccc(-c4ccc(-c5cc6c(oc7cccc(-c8ccc9c%10ccccc%10c%10ccccc%10c9c8)c76)c6ccccc56)cc4)cc3)n2)cc1. The summed E-state index contributed by atoms with van der Waals surface area (Å²) in [5.74, 6) is 1.94. The lowest BCUT2D eigenvalue weighted by Gasteiger charge is -2.13. The fraction of sp³-hybridized carbons (Fsp3) is 0. The molecule has 0 fully saturated rings. The minimum absolute atomic E-state index is 0.638. The number of furan rings is 1. The highest BCUT2D eigenvalue weighted by molar-refractivity contribution is 6.27. The molecule has 0 bridgehead atoms. The van der Waals surface area contributed by atoms with Crippen molar-refractivity contribution in [3.05, 3.63) is 224 Å². The zero-order valence-electron chi connectivity index (χ0n) is 35.1. The minimum atomic E-state index is 0.638. The molecule has 65 heavy (non-hydrogen) atoms. The van der Waals surface area contributed by atoms with Crippen LogP contribution < -0.4 is 0 Å². The van der Waals surface area contributed by atoms with Crippen LogP contribution in [0.15, 0.2) is 229 Å². The van der Waals surface area contributed by atoms with E-state index in [0.717, 1.165) is 71.7 Å². The number of benzene rings is 11. The first-order valence-electron chi connectivity index (χ1n) is 22.0. The van der Waals surface area contributed by atoms with Crippen molar-refractivity contribution >= 4 is 65.0 Å². The Morgan fingerprint density at radius 1 is 0.246 bits per heavy atom. The van der Waals surface area contributed by atoms with Gasteiger partial charge in [0.2, 0.25) is 0 Å². The number of hydrogen-bond donors (Lipinski definition) is 0. The van der Waals surface area contributed by atoms with Gasteiger partial charge in [-0.05, 0) is 89.3 Å². The third-order valence-electron chi connectivity index (χ3n) is 12.9. The quantitative estimate of drug-likeness (QED) is 0.157. The van der Waals surface area contributed by atoms with E-state index in [9.17, 15) is 0 Å². The highest BCUT2D eigenvalue weighted by Crippen LogP contribution is 2.45. The van der Waals surface area contributed by atoms with Crippen LogP contribution >= 0.6 is 0 Å². The number of aromatic nitrogens is 3. The standard InChI is InChI=1S/C61H37N3O/c1-3-14-41(15-4-1)59-62-60(42-16-5-2-6-17-42)64-61(63-59)43-32-28-39(29-33-43)38-26-30-40(31-27-38)53-37-55-57-45(24-13-25-56(57)65-58(55)52-23-12-11-22-50(52)53)44-34-35-51-48-20-8-7-18-46(48)47-19-9-10-21-49(47)54(51)36-44/h1-37H. The summed E-state index contributed by atoms with van der Waals surface area (Å²) in [4.78, 5) is 14.7. The van der Waals surface area contributed by atoms with Crippen LogP contribution in [0.25, 0.3) is 133 Å². The molecule has 0 aliphatic heterocycles. The summed E-state index contributed by atoms with van der Waals surface area (Å²) in [5, 5.41) is 12.1. The average molecular weight is 828 g/mol. The van der Waals surface area contributed by atoms with E-state index in [4.69, 9.17) is 19.4 Å². The molecule has 4 heteroatoms. The van der Waals surface area contributed by atoms with E-state index < -0.39 is 0 Å². The Labute approximate surface area is 374 Å². The van der Waals surface area contributed by atoms with Crippen LogP contribution in [-0.2, 0) is 0 Å². The van der Waals surface area contributed by atoms with E-state index in [2.05, 4.69) is 164 Å². The predicted octanol–water partition coefficient (Wildman–Crippen LogP) is 16.4. The molecule has 302 valence electrons. The van der Waals surface area contributed by atoms with Crippen LogP contribution in [0.2, 0.25) is 0 Å². The summed E-state index contributed by atoms with van der Waals surface area (Å²) < 4.78 is 6.80. The normalized spacial score (nSPS) is 11.7. The van der Waals surface area contributed by atoms with Gasteiger partial charge in [0.25, 0.3) is 0 Å².